The lowest BCUT2D eigenvalue weighted by molar-refractivity contribution is 0.214. The molecule has 2 unspecified atom stereocenters. The number of hydrogen-bond donors (Lipinski definition) is 1. The van der Waals surface area contributed by atoms with Gasteiger partial charge in [0.15, 0.2) is 0 Å². The first-order valence-corrected chi connectivity index (χ1v) is 9.36. The van der Waals surface area contributed by atoms with Gasteiger partial charge in [-0.2, -0.15) is 0 Å². The van der Waals surface area contributed by atoms with E-state index in [2.05, 4.69) is 30.1 Å². The summed E-state index contributed by atoms with van der Waals surface area (Å²) < 4.78 is 25.2. The summed E-state index contributed by atoms with van der Waals surface area (Å²) in [5, 5.41) is 0.915. The van der Waals surface area contributed by atoms with Crippen molar-refractivity contribution in [3.8, 4) is 0 Å². The second kappa shape index (κ2) is 7.87. The summed E-state index contributed by atoms with van der Waals surface area (Å²) in [6.45, 7) is 4.08. The Morgan fingerprint density at radius 1 is 1.26 bits per heavy atom. The maximum atomic E-state index is 13.9. The molecule has 0 saturated heterocycles. The van der Waals surface area contributed by atoms with E-state index >= 15 is 0 Å². The lowest BCUT2D eigenvalue weighted by Crippen LogP contribution is -2.20. The Kier molecular flexibility index (Phi) is 5.14. The van der Waals surface area contributed by atoms with Gasteiger partial charge in [0.2, 0.25) is 0 Å². The molecule has 1 aliphatic heterocycles. The van der Waals surface area contributed by atoms with Crippen molar-refractivity contribution in [2.24, 2.45) is 5.92 Å². The first-order chi connectivity index (χ1) is 13.3. The second-order valence-corrected chi connectivity index (χ2v) is 6.92. The summed E-state index contributed by atoms with van der Waals surface area (Å²) in [7, 11) is 0. The summed E-state index contributed by atoms with van der Waals surface area (Å²) >= 11 is 0. The Bertz CT molecular complexity index is 935. The van der Waals surface area contributed by atoms with Crippen molar-refractivity contribution in [1.29, 1.82) is 0 Å². The lowest BCUT2D eigenvalue weighted by Gasteiger charge is -2.31. The van der Waals surface area contributed by atoms with Gasteiger partial charge in [-0.15, -0.1) is 0 Å². The van der Waals surface area contributed by atoms with Crippen molar-refractivity contribution >= 4 is 10.9 Å². The van der Waals surface area contributed by atoms with E-state index in [0.717, 1.165) is 47.9 Å². The summed E-state index contributed by atoms with van der Waals surface area (Å²) in [4.78, 5) is 3.29. The fourth-order valence-corrected chi connectivity index (χ4v) is 4.08. The van der Waals surface area contributed by atoms with Gasteiger partial charge in [-0.3, -0.25) is 0 Å². The van der Waals surface area contributed by atoms with Crippen LogP contribution in [0.3, 0.4) is 0 Å². The number of rotatable bonds is 6. The molecule has 0 amide bonds. The predicted molar refractivity (Wildman–Crippen MR) is 105 cm³/mol. The molecule has 2 atom stereocenters. The highest BCUT2D eigenvalue weighted by atomic mass is 19.1. The minimum atomic E-state index is -0.229. The third-order valence-electron chi connectivity index (χ3n) is 5.27. The average molecular weight is 364 g/mol. The molecule has 1 aromatic carbocycles. The first kappa shape index (κ1) is 17.7. The minimum Gasteiger partial charge on any atom is -0.466 e. The first-order valence-electron chi connectivity index (χ1n) is 9.36. The van der Waals surface area contributed by atoms with Crippen LogP contribution in [-0.4, -0.2) is 4.98 Å². The van der Waals surface area contributed by atoms with Crippen LogP contribution in [-0.2, 0) is 9.47 Å². The molecule has 1 N–H and O–H groups in total. The van der Waals surface area contributed by atoms with Crippen molar-refractivity contribution in [2.45, 2.75) is 31.6 Å². The highest BCUT2D eigenvalue weighted by Crippen LogP contribution is 2.44. The van der Waals surface area contributed by atoms with Crippen molar-refractivity contribution in [3.63, 3.8) is 0 Å². The van der Waals surface area contributed by atoms with Crippen LogP contribution in [0.25, 0.3) is 10.9 Å². The molecule has 1 radical (unpaired) electrons. The van der Waals surface area contributed by atoms with Crippen LogP contribution in [0, 0.1) is 18.7 Å². The summed E-state index contributed by atoms with van der Waals surface area (Å²) in [5.41, 5.74) is 3.32. The van der Waals surface area contributed by atoms with Gasteiger partial charge in [0, 0.05) is 23.0 Å². The molecule has 4 heteroatoms. The maximum absolute atomic E-state index is 13.9. The molecule has 0 bridgehead atoms. The lowest BCUT2D eigenvalue weighted by atomic mass is 9.75. The summed E-state index contributed by atoms with van der Waals surface area (Å²) in [6.07, 6.45) is 16.8. The molecule has 3 nitrogen and oxygen atoms in total. The number of H-pyrrole nitrogens is 1. The zero-order valence-corrected chi connectivity index (χ0v) is 15.2. The molecular formula is C23H23FNO2. The van der Waals surface area contributed by atoms with Gasteiger partial charge in [0.25, 0.3) is 0 Å². The Hall–Kier alpha value is -2.75. The van der Waals surface area contributed by atoms with E-state index in [1.807, 2.05) is 6.20 Å². The van der Waals surface area contributed by atoms with Crippen LogP contribution in [0.15, 0.2) is 72.7 Å². The summed E-state index contributed by atoms with van der Waals surface area (Å²) in [6, 6.07) is 4.88. The van der Waals surface area contributed by atoms with E-state index in [4.69, 9.17) is 9.47 Å². The number of aromatic amines is 1. The van der Waals surface area contributed by atoms with Crippen molar-refractivity contribution in [2.75, 3.05) is 0 Å². The quantitative estimate of drug-likeness (QED) is 0.657. The molecule has 2 aromatic rings. The third kappa shape index (κ3) is 3.57. The van der Waals surface area contributed by atoms with Crippen LogP contribution >= 0.6 is 0 Å². The molecule has 4 rings (SSSR count). The standard InChI is InChI=1S/C23H23FNO2/c1-2-6-18(20-14-25-21-10-9-17(24)13-19(20)21)23(16-7-4-3-5-8-16)22-15-26-11-12-27-22/h3-4,7,9-15,18,23,25H,1-2,5-6,8H2. The molecule has 2 aliphatic rings. The Balaban J connectivity index is 1.82. The van der Waals surface area contributed by atoms with E-state index in [9.17, 15) is 4.39 Å². The van der Waals surface area contributed by atoms with Crippen LogP contribution in [0.1, 0.15) is 37.2 Å². The van der Waals surface area contributed by atoms with E-state index < -0.39 is 0 Å². The number of benzene rings is 1. The van der Waals surface area contributed by atoms with Crippen molar-refractivity contribution in [1.82, 2.24) is 4.98 Å². The molecule has 1 aromatic heterocycles. The van der Waals surface area contributed by atoms with Crippen LogP contribution < -0.4 is 0 Å². The number of fused-ring (bicyclic) bond motifs is 1. The largest absolute Gasteiger partial charge is 0.466 e. The van der Waals surface area contributed by atoms with Gasteiger partial charge in [-0.05, 0) is 48.9 Å². The highest BCUT2D eigenvalue weighted by Gasteiger charge is 2.33. The number of aromatic nitrogens is 1. The maximum Gasteiger partial charge on any atom is 0.146 e. The fraction of sp³-hybridized carbons (Fsp3) is 0.261. The minimum absolute atomic E-state index is 0.0175. The predicted octanol–water partition coefficient (Wildman–Crippen LogP) is 6.26. The molecule has 0 fully saturated rings. The van der Waals surface area contributed by atoms with E-state index in [1.54, 1.807) is 24.7 Å². The van der Waals surface area contributed by atoms with Crippen LogP contribution in [0.2, 0.25) is 0 Å². The number of ether oxygens (including phenoxy) is 2. The number of allylic oxidation sites excluding steroid dienone is 4. The second-order valence-electron chi connectivity index (χ2n) is 6.92. The molecule has 0 saturated carbocycles. The van der Waals surface area contributed by atoms with Gasteiger partial charge in [0.1, 0.15) is 30.4 Å². The van der Waals surface area contributed by atoms with Gasteiger partial charge in [-0.1, -0.05) is 37.1 Å². The molecule has 139 valence electrons. The van der Waals surface area contributed by atoms with E-state index in [0.29, 0.717) is 0 Å². The molecule has 0 spiro atoms. The monoisotopic (exact) mass is 364 g/mol. The Morgan fingerprint density at radius 2 is 2.19 bits per heavy atom. The molecule has 27 heavy (non-hydrogen) atoms. The number of halogens is 1. The summed E-state index contributed by atoms with van der Waals surface area (Å²) in [5.74, 6) is 0.678. The molecule has 1 aliphatic carbocycles. The third-order valence-corrected chi connectivity index (χ3v) is 5.27. The van der Waals surface area contributed by atoms with Gasteiger partial charge >= 0.3 is 0 Å². The van der Waals surface area contributed by atoms with Gasteiger partial charge < -0.3 is 14.5 Å². The highest BCUT2D eigenvalue weighted by molar-refractivity contribution is 5.84. The van der Waals surface area contributed by atoms with Crippen LogP contribution in [0.4, 0.5) is 4.39 Å². The topological polar surface area (TPSA) is 34.2 Å². The van der Waals surface area contributed by atoms with E-state index in [1.165, 1.54) is 17.9 Å². The molecular weight excluding hydrogens is 341 g/mol. The smallest absolute Gasteiger partial charge is 0.146 e. The zero-order chi connectivity index (χ0) is 18.6. The normalized spacial score (nSPS) is 18.4. The number of nitrogens with one attached hydrogen (secondary N) is 1. The van der Waals surface area contributed by atoms with Crippen molar-refractivity contribution < 1.29 is 13.9 Å². The van der Waals surface area contributed by atoms with Crippen LogP contribution in [0.5, 0.6) is 0 Å². The SMILES string of the molecule is [CH2]CCC(c1c[nH]c2ccc(F)cc12)C(C1=CC=CCC1)C1=COC=CO1. The Morgan fingerprint density at radius 3 is 2.93 bits per heavy atom. The zero-order valence-electron chi connectivity index (χ0n) is 15.2. The average Bonchev–Trinajstić information content (AvgIpc) is 3.12. The van der Waals surface area contributed by atoms with Gasteiger partial charge in [-0.25, -0.2) is 4.39 Å². The van der Waals surface area contributed by atoms with E-state index in [-0.39, 0.29) is 17.7 Å². The molecule has 2 heterocycles. The Labute approximate surface area is 158 Å². The van der Waals surface area contributed by atoms with Gasteiger partial charge in [0.05, 0.1) is 0 Å². The van der Waals surface area contributed by atoms with Crippen molar-refractivity contribution in [3.05, 3.63) is 91.0 Å². The number of hydrogen-bond acceptors (Lipinski definition) is 2. The fourth-order valence-electron chi connectivity index (χ4n) is 4.08.